The van der Waals surface area contributed by atoms with Crippen molar-refractivity contribution in [1.29, 1.82) is 0 Å². The minimum absolute atomic E-state index is 0.0336. The summed E-state index contributed by atoms with van der Waals surface area (Å²) in [5.74, 6) is 2.62. The van der Waals surface area contributed by atoms with Crippen molar-refractivity contribution in [2.24, 2.45) is 0 Å². The van der Waals surface area contributed by atoms with Crippen molar-refractivity contribution in [3.63, 3.8) is 0 Å². The van der Waals surface area contributed by atoms with E-state index in [2.05, 4.69) is 19.7 Å². The number of aryl methyl sites for hydroxylation is 2. The van der Waals surface area contributed by atoms with Crippen molar-refractivity contribution in [1.82, 2.24) is 19.5 Å². The summed E-state index contributed by atoms with van der Waals surface area (Å²) in [6.07, 6.45) is 1.70. The third kappa shape index (κ3) is 5.19. The van der Waals surface area contributed by atoms with Crippen molar-refractivity contribution in [3.05, 3.63) is 72.1 Å². The van der Waals surface area contributed by atoms with Gasteiger partial charge in [0.1, 0.15) is 40.1 Å². The zero-order valence-corrected chi connectivity index (χ0v) is 20.8. The van der Waals surface area contributed by atoms with E-state index < -0.39 is 10.0 Å². The molecule has 0 saturated carbocycles. The van der Waals surface area contributed by atoms with Gasteiger partial charge in [-0.05, 0) is 57.2 Å². The maximum absolute atomic E-state index is 13.0. The fourth-order valence-corrected chi connectivity index (χ4v) is 4.59. The average molecular weight is 496 g/mol. The van der Waals surface area contributed by atoms with E-state index in [9.17, 15) is 8.42 Å². The number of aromatic nitrogens is 4. The highest BCUT2D eigenvalue weighted by Crippen LogP contribution is 2.30. The van der Waals surface area contributed by atoms with Crippen LogP contribution in [0.25, 0.3) is 5.82 Å². The van der Waals surface area contributed by atoms with Crippen LogP contribution in [0.5, 0.6) is 23.1 Å². The van der Waals surface area contributed by atoms with Gasteiger partial charge in [0, 0.05) is 23.5 Å². The third-order valence-electron chi connectivity index (χ3n) is 5.29. The number of benzene rings is 2. The molecule has 0 bridgehead atoms. The molecule has 35 heavy (non-hydrogen) atoms. The van der Waals surface area contributed by atoms with Crippen molar-refractivity contribution in [2.45, 2.75) is 25.7 Å². The molecule has 0 atom stereocenters. The molecule has 0 saturated heterocycles. The molecule has 0 radical (unpaired) electrons. The van der Waals surface area contributed by atoms with E-state index in [0.29, 0.717) is 34.7 Å². The number of hydrogen-bond donors (Lipinski definition) is 1. The van der Waals surface area contributed by atoms with Crippen LogP contribution >= 0.6 is 0 Å². The van der Waals surface area contributed by atoms with Crippen LogP contribution in [0, 0.1) is 20.8 Å². The fraction of sp³-hybridized carbons (Fsp3) is 0.208. The zero-order valence-electron chi connectivity index (χ0n) is 19.9. The van der Waals surface area contributed by atoms with Gasteiger partial charge in [-0.3, -0.25) is 9.29 Å². The molecule has 0 unspecified atom stereocenters. The molecule has 0 aliphatic heterocycles. The molecule has 2 aromatic carbocycles. The van der Waals surface area contributed by atoms with Gasteiger partial charge in [-0.25, -0.2) is 18.4 Å². The van der Waals surface area contributed by atoms with Crippen LogP contribution in [-0.4, -0.2) is 42.2 Å². The summed E-state index contributed by atoms with van der Waals surface area (Å²) in [6.45, 7) is 5.67. The molecule has 0 aliphatic rings. The molecular formula is C24H25N5O5S. The largest absolute Gasteiger partial charge is 0.497 e. The molecule has 0 spiro atoms. The van der Waals surface area contributed by atoms with Crippen LogP contribution < -0.4 is 18.9 Å². The number of methoxy groups -OCH3 is 2. The van der Waals surface area contributed by atoms with Gasteiger partial charge in [0.15, 0.2) is 0 Å². The Balaban J connectivity index is 1.54. The minimum atomic E-state index is -3.93. The Kier molecular flexibility index (Phi) is 6.61. The second-order valence-corrected chi connectivity index (χ2v) is 9.30. The summed E-state index contributed by atoms with van der Waals surface area (Å²) < 4.78 is 46.6. The minimum Gasteiger partial charge on any atom is -0.497 e. The van der Waals surface area contributed by atoms with Gasteiger partial charge >= 0.3 is 0 Å². The van der Waals surface area contributed by atoms with Crippen LogP contribution in [0.1, 0.15) is 17.2 Å². The molecule has 0 aliphatic carbocycles. The lowest BCUT2D eigenvalue weighted by molar-refractivity contribution is 0.392. The second-order valence-electron chi connectivity index (χ2n) is 7.65. The molecule has 11 heteroatoms. The molecule has 4 rings (SSSR count). The van der Waals surface area contributed by atoms with E-state index in [-0.39, 0.29) is 10.6 Å². The van der Waals surface area contributed by atoms with Gasteiger partial charge in [0.05, 0.1) is 19.9 Å². The van der Waals surface area contributed by atoms with Crippen molar-refractivity contribution in [2.75, 3.05) is 18.9 Å². The van der Waals surface area contributed by atoms with Crippen molar-refractivity contribution in [3.8, 4) is 28.9 Å². The fourth-order valence-electron chi connectivity index (χ4n) is 3.35. The number of sulfonamides is 1. The maximum Gasteiger partial charge on any atom is 0.265 e. The molecule has 4 aromatic rings. The number of nitrogens with one attached hydrogen (secondary N) is 1. The summed E-state index contributed by atoms with van der Waals surface area (Å²) >= 11 is 0. The zero-order chi connectivity index (χ0) is 25.2. The van der Waals surface area contributed by atoms with Crippen molar-refractivity contribution >= 4 is 15.7 Å². The van der Waals surface area contributed by atoms with Crippen LogP contribution in [0.4, 0.5) is 5.69 Å². The van der Waals surface area contributed by atoms with Gasteiger partial charge in [-0.1, -0.05) is 0 Å². The van der Waals surface area contributed by atoms with E-state index in [1.54, 1.807) is 49.6 Å². The van der Waals surface area contributed by atoms with Gasteiger partial charge in [-0.15, -0.1) is 0 Å². The molecule has 2 heterocycles. The van der Waals surface area contributed by atoms with Gasteiger partial charge in [0.25, 0.3) is 10.0 Å². The predicted molar refractivity (Wildman–Crippen MR) is 130 cm³/mol. The summed E-state index contributed by atoms with van der Waals surface area (Å²) in [5.41, 5.74) is 2.23. The number of imidazole rings is 1. The summed E-state index contributed by atoms with van der Waals surface area (Å²) in [7, 11) is -1.06. The van der Waals surface area contributed by atoms with Crippen LogP contribution in [-0.2, 0) is 10.0 Å². The first kappa shape index (κ1) is 24.0. The summed E-state index contributed by atoms with van der Waals surface area (Å²) in [4.78, 5) is 13.1. The number of ether oxygens (including phenoxy) is 3. The van der Waals surface area contributed by atoms with Gasteiger partial charge in [-0.2, -0.15) is 4.98 Å². The monoisotopic (exact) mass is 495 g/mol. The molecule has 10 nitrogen and oxygen atoms in total. The third-order valence-corrected chi connectivity index (χ3v) is 6.69. The van der Waals surface area contributed by atoms with E-state index in [1.807, 2.05) is 18.4 Å². The van der Waals surface area contributed by atoms with E-state index in [0.717, 1.165) is 11.4 Å². The molecular weight excluding hydrogens is 470 g/mol. The van der Waals surface area contributed by atoms with Crippen molar-refractivity contribution < 1.29 is 22.6 Å². The van der Waals surface area contributed by atoms with E-state index >= 15 is 0 Å². The SMILES string of the molecule is COc1ccc(OC)c(S(=O)(=O)Nc2ccc(Oc3cc(-n4cnc(C)c4C)nc(C)n3)cc2)c1. The molecule has 1 N–H and O–H groups in total. The van der Waals surface area contributed by atoms with Gasteiger partial charge < -0.3 is 14.2 Å². The molecule has 2 aromatic heterocycles. The Bertz CT molecular complexity index is 1470. The topological polar surface area (TPSA) is 117 Å². The highest BCUT2D eigenvalue weighted by atomic mass is 32.2. The lowest BCUT2D eigenvalue weighted by Gasteiger charge is -2.13. The average Bonchev–Trinajstić information content (AvgIpc) is 3.17. The normalized spacial score (nSPS) is 11.2. The number of anilines is 1. The lowest BCUT2D eigenvalue weighted by atomic mass is 10.3. The molecule has 0 fully saturated rings. The maximum atomic E-state index is 13.0. The highest BCUT2D eigenvalue weighted by Gasteiger charge is 2.21. The van der Waals surface area contributed by atoms with Crippen LogP contribution in [0.15, 0.2) is 59.8 Å². The van der Waals surface area contributed by atoms with Crippen LogP contribution in [0.2, 0.25) is 0 Å². The predicted octanol–water partition coefficient (Wildman–Crippen LogP) is 4.20. The number of rotatable bonds is 8. The van der Waals surface area contributed by atoms with E-state index in [4.69, 9.17) is 14.2 Å². The Morgan fingerprint density at radius 1 is 0.886 bits per heavy atom. The Labute approximate surface area is 203 Å². The second kappa shape index (κ2) is 9.63. The Morgan fingerprint density at radius 3 is 2.23 bits per heavy atom. The molecule has 182 valence electrons. The van der Waals surface area contributed by atoms with Crippen LogP contribution in [0.3, 0.4) is 0 Å². The Hall–Kier alpha value is -4.12. The van der Waals surface area contributed by atoms with E-state index in [1.165, 1.54) is 26.4 Å². The first-order chi connectivity index (χ1) is 16.7. The van der Waals surface area contributed by atoms with Gasteiger partial charge in [0.2, 0.25) is 5.88 Å². The number of hydrogen-bond acceptors (Lipinski definition) is 8. The quantitative estimate of drug-likeness (QED) is 0.387. The summed E-state index contributed by atoms with van der Waals surface area (Å²) in [5, 5.41) is 0. The Morgan fingerprint density at radius 2 is 1.60 bits per heavy atom. The number of nitrogens with zero attached hydrogens (tertiary/aromatic N) is 4. The highest BCUT2D eigenvalue weighted by molar-refractivity contribution is 7.92. The lowest BCUT2D eigenvalue weighted by Crippen LogP contribution is -2.14. The standard InChI is InChI=1S/C24H25N5O5S/c1-15-16(2)29(14-25-15)23-13-24(27-17(3)26-23)34-19-8-6-18(7-9-19)28-35(30,31)22-12-20(32-4)10-11-21(22)33-5/h6-14,28H,1-5H3. The molecule has 0 amide bonds. The first-order valence-electron chi connectivity index (χ1n) is 10.6. The summed E-state index contributed by atoms with van der Waals surface area (Å²) in [6, 6.07) is 12.8. The first-order valence-corrected chi connectivity index (χ1v) is 12.1. The smallest absolute Gasteiger partial charge is 0.265 e.